The fourth-order valence-electron chi connectivity index (χ4n) is 2.41. The number of nitrogens with zero attached hydrogens (tertiary/aromatic N) is 3. The molecule has 122 valence electrons. The molecule has 0 aliphatic carbocycles. The van der Waals surface area contributed by atoms with Crippen molar-refractivity contribution in [2.45, 2.75) is 20.4 Å². The molecule has 0 atom stereocenters. The number of hydrogen-bond acceptors (Lipinski definition) is 3. The molecule has 6 heteroatoms. The van der Waals surface area contributed by atoms with Gasteiger partial charge in [-0.05, 0) is 31.5 Å². The number of nitrogens with one attached hydrogen (secondary N) is 1. The minimum Gasteiger partial charge on any atom is -0.322 e. The van der Waals surface area contributed by atoms with Gasteiger partial charge in [-0.3, -0.25) is 9.78 Å². The number of aromatic nitrogens is 3. The van der Waals surface area contributed by atoms with E-state index in [0.29, 0.717) is 28.6 Å². The van der Waals surface area contributed by atoms with Crippen molar-refractivity contribution in [1.82, 2.24) is 14.8 Å². The summed E-state index contributed by atoms with van der Waals surface area (Å²) in [6.45, 7) is 4.33. The first-order chi connectivity index (χ1) is 11.5. The maximum atomic E-state index is 12.5. The molecular formula is C18H17ClN4O. The monoisotopic (exact) mass is 340 g/mol. The van der Waals surface area contributed by atoms with Gasteiger partial charge >= 0.3 is 0 Å². The van der Waals surface area contributed by atoms with Crippen LogP contribution in [0.15, 0.2) is 48.8 Å². The van der Waals surface area contributed by atoms with Crippen LogP contribution < -0.4 is 5.32 Å². The fraction of sp³-hybridized carbons (Fsp3) is 0.167. The highest BCUT2D eigenvalue weighted by molar-refractivity contribution is 6.33. The van der Waals surface area contributed by atoms with Gasteiger partial charge in [0.2, 0.25) is 0 Å². The van der Waals surface area contributed by atoms with Crippen LogP contribution in [0.25, 0.3) is 0 Å². The van der Waals surface area contributed by atoms with E-state index in [2.05, 4.69) is 15.4 Å². The van der Waals surface area contributed by atoms with Crippen molar-refractivity contribution < 1.29 is 4.79 Å². The number of hydrogen-bond donors (Lipinski definition) is 1. The molecule has 0 aliphatic rings. The molecule has 0 bridgehead atoms. The van der Waals surface area contributed by atoms with Crippen molar-refractivity contribution in [3.05, 3.63) is 76.3 Å². The van der Waals surface area contributed by atoms with Gasteiger partial charge in [-0.2, -0.15) is 5.10 Å². The van der Waals surface area contributed by atoms with E-state index in [1.54, 1.807) is 36.1 Å². The zero-order valence-electron chi connectivity index (χ0n) is 13.5. The Bertz CT molecular complexity index is 857. The average molecular weight is 341 g/mol. The van der Waals surface area contributed by atoms with Crippen LogP contribution in [0.1, 0.15) is 27.2 Å². The Hall–Kier alpha value is -2.66. The van der Waals surface area contributed by atoms with Gasteiger partial charge in [0.15, 0.2) is 0 Å². The minimum atomic E-state index is -0.279. The molecule has 0 saturated heterocycles. The molecule has 1 N–H and O–H groups in total. The molecule has 0 unspecified atom stereocenters. The van der Waals surface area contributed by atoms with E-state index in [4.69, 9.17) is 11.6 Å². The molecule has 5 nitrogen and oxygen atoms in total. The number of rotatable bonds is 4. The molecular weight excluding hydrogens is 324 g/mol. The Morgan fingerprint density at radius 2 is 1.79 bits per heavy atom. The van der Waals surface area contributed by atoms with Crippen LogP contribution in [0.4, 0.5) is 5.69 Å². The van der Waals surface area contributed by atoms with E-state index < -0.39 is 0 Å². The summed E-state index contributed by atoms with van der Waals surface area (Å²) in [5.41, 5.74) is 3.92. The molecule has 0 radical (unpaired) electrons. The maximum absolute atomic E-state index is 12.5. The van der Waals surface area contributed by atoms with Gasteiger partial charge in [-0.25, -0.2) is 4.68 Å². The molecule has 0 saturated carbocycles. The first kappa shape index (κ1) is 16.2. The maximum Gasteiger partial charge on any atom is 0.260 e. The van der Waals surface area contributed by atoms with Gasteiger partial charge in [0, 0.05) is 18.1 Å². The quantitative estimate of drug-likeness (QED) is 0.784. The van der Waals surface area contributed by atoms with Crippen LogP contribution in [0, 0.1) is 13.8 Å². The summed E-state index contributed by atoms with van der Waals surface area (Å²) in [5, 5.41) is 7.54. The first-order valence-electron chi connectivity index (χ1n) is 7.54. The number of aryl methyl sites for hydroxylation is 2. The van der Waals surface area contributed by atoms with Gasteiger partial charge in [0.25, 0.3) is 5.91 Å². The third kappa shape index (κ3) is 3.46. The normalized spacial score (nSPS) is 10.6. The topological polar surface area (TPSA) is 59.8 Å². The van der Waals surface area contributed by atoms with E-state index in [1.165, 1.54) is 5.56 Å². The van der Waals surface area contributed by atoms with E-state index in [-0.39, 0.29) is 5.91 Å². The van der Waals surface area contributed by atoms with E-state index >= 15 is 0 Å². The van der Waals surface area contributed by atoms with Crippen LogP contribution in [-0.2, 0) is 6.54 Å². The number of halogens is 1. The molecule has 0 aliphatic heterocycles. The van der Waals surface area contributed by atoms with Gasteiger partial charge < -0.3 is 5.32 Å². The summed E-state index contributed by atoms with van der Waals surface area (Å²) >= 11 is 6.40. The Morgan fingerprint density at radius 1 is 1.12 bits per heavy atom. The third-order valence-electron chi connectivity index (χ3n) is 3.68. The Kier molecular flexibility index (Phi) is 4.62. The van der Waals surface area contributed by atoms with Crippen LogP contribution in [0.2, 0.25) is 5.15 Å². The fourth-order valence-corrected chi connectivity index (χ4v) is 2.73. The number of carbonyl (C=O) groups excluding carboxylic acids is 1. The highest BCUT2D eigenvalue weighted by Gasteiger charge is 2.20. The summed E-state index contributed by atoms with van der Waals surface area (Å²) < 4.78 is 1.64. The zero-order chi connectivity index (χ0) is 17.1. The lowest BCUT2D eigenvalue weighted by Gasteiger charge is -2.06. The zero-order valence-corrected chi connectivity index (χ0v) is 14.2. The summed E-state index contributed by atoms with van der Waals surface area (Å²) in [6, 6.07) is 11.6. The molecule has 1 aromatic carbocycles. The number of anilines is 1. The first-order valence-corrected chi connectivity index (χ1v) is 7.92. The molecule has 0 fully saturated rings. The molecule has 1 amide bonds. The van der Waals surface area contributed by atoms with Crippen molar-refractivity contribution in [2.24, 2.45) is 0 Å². The van der Waals surface area contributed by atoms with Crippen LogP contribution in [-0.4, -0.2) is 20.7 Å². The summed E-state index contributed by atoms with van der Waals surface area (Å²) in [4.78, 5) is 16.4. The van der Waals surface area contributed by atoms with Crippen LogP contribution in [0.3, 0.4) is 0 Å². The molecule has 3 rings (SSSR count). The number of amides is 1. The Balaban J connectivity index is 1.83. The number of carbonyl (C=O) groups is 1. The Morgan fingerprint density at radius 3 is 2.46 bits per heavy atom. The average Bonchev–Trinajstić information content (AvgIpc) is 2.84. The summed E-state index contributed by atoms with van der Waals surface area (Å²) in [6.07, 6.45) is 3.23. The van der Waals surface area contributed by atoms with Crippen molar-refractivity contribution in [3.8, 4) is 0 Å². The second kappa shape index (κ2) is 6.84. The molecule has 3 aromatic rings. The second-order valence-corrected chi connectivity index (χ2v) is 5.94. The van der Waals surface area contributed by atoms with E-state index in [1.807, 2.05) is 31.2 Å². The van der Waals surface area contributed by atoms with Crippen LogP contribution >= 0.6 is 11.6 Å². The lowest BCUT2D eigenvalue weighted by atomic mass is 10.1. The number of pyridine rings is 1. The van der Waals surface area contributed by atoms with Crippen molar-refractivity contribution in [1.29, 1.82) is 0 Å². The summed E-state index contributed by atoms with van der Waals surface area (Å²) in [5.74, 6) is -0.279. The lowest BCUT2D eigenvalue weighted by molar-refractivity contribution is 0.102. The Labute approximate surface area is 145 Å². The smallest absolute Gasteiger partial charge is 0.260 e. The third-order valence-corrected chi connectivity index (χ3v) is 4.07. The molecule has 2 heterocycles. The highest BCUT2D eigenvalue weighted by Crippen LogP contribution is 2.22. The predicted molar refractivity (Wildman–Crippen MR) is 94.4 cm³/mol. The summed E-state index contributed by atoms with van der Waals surface area (Å²) in [7, 11) is 0. The minimum absolute atomic E-state index is 0.279. The van der Waals surface area contributed by atoms with Gasteiger partial charge in [-0.1, -0.05) is 41.4 Å². The van der Waals surface area contributed by atoms with Gasteiger partial charge in [0.05, 0.1) is 17.8 Å². The molecule has 24 heavy (non-hydrogen) atoms. The van der Waals surface area contributed by atoms with Crippen molar-refractivity contribution in [3.63, 3.8) is 0 Å². The SMILES string of the molecule is Cc1ccc(Cn2nc(C)c(C(=O)Nc3ccncc3)c2Cl)cc1. The lowest BCUT2D eigenvalue weighted by Crippen LogP contribution is -2.13. The molecule has 2 aromatic heterocycles. The highest BCUT2D eigenvalue weighted by atomic mass is 35.5. The van der Waals surface area contributed by atoms with E-state index in [0.717, 1.165) is 5.56 Å². The largest absolute Gasteiger partial charge is 0.322 e. The van der Waals surface area contributed by atoms with E-state index in [9.17, 15) is 4.79 Å². The van der Waals surface area contributed by atoms with Gasteiger partial charge in [0.1, 0.15) is 5.15 Å². The van der Waals surface area contributed by atoms with Crippen LogP contribution in [0.5, 0.6) is 0 Å². The van der Waals surface area contributed by atoms with Crippen molar-refractivity contribution in [2.75, 3.05) is 5.32 Å². The predicted octanol–water partition coefficient (Wildman–Crippen LogP) is 3.85. The van der Waals surface area contributed by atoms with Gasteiger partial charge in [-0.15, -0.1) is 0 Å². The van der Waals surface area contributed by atoms with Crippen molar-refractivity contribution >= 4 is 23.2 Å². The standard InChI is InChI=1S/C18H17ClN4O/c1-12-3-5-14(6-4-12)11-23-17(19)16(13(2)22-23)18(24)21-15-7-9-20-10-8-15/h3-10H,11H2,1-2H3,(H,20,21,24). The second-order valence-electron chi connectivity index (χ2n) is 5.58. The molecule has 0 spiro atoms. The number of benzene rings is 1.